The van der Waals surface area contributed by atoms with E-state index >= 15 is 0 Å². The van der Waals surface area contributed by atoms with Crippen LogP contribution in [0.3, 0.4) is 0 Å². The molecule has 4 aliphatic rings. The Bertz CT molecular complexity index is 871. The highest BCUT2D eigenvalue weighted by Crippen LogP contribution is 2.34. The quantitative estimate of drug-likeness (QED) is 0.790. The average Bonchev–Trinajstić information content (AvgIpc) is 3.26. The van der Waals surface area contributed by atoms with Crippen LogP contribution in [0.1, 0.15) is 30.1 Å². The van der Waals surface area contributed by atoms with E-state index in [2.05, 4.69) is 27.0 Å². The van der Waals surface area contributed by atoms with Crippen LogP contribution in [-0.4, -0.2) is 67.3 Å². The molecule has 2 aromatic rings. The summed E-state index contributed by atoms with van der Waals surface area (Å²) in [5.74, 6) is 1.31. The van der Waals surface area contributed by atoms with Gasteiger partial charge >= 0.3 is 0 Å². The van der Waals surface area contributed by atoms with Gasteiger partial charge in [0.1, 0.15) is 5.75 Å². The third-order valence-corrected chi connectivity index (χ3v) is 7.50. The number of morpholine rings is 1. The monoisotopic (exact) mass is 428 g/mol. The summed E-state index contributed by atoms with van der Waals surface area (Å²) in [6, 6.07) is 8.02. The molecular weight excluding hydrogens is 400 g/mol. The van der Waals surface area contributed by atoms with Gasteiger partial charge in [-0.3, -0.25) is 9.69 Å². The first kappa shape index (κ1) is 19.8. The van der Waals surface area contributed by atoms with Gasteiger partial charge in [0, 0.05) is 30.7 Å². The van der Waals surface area contributed by atoms with E-state index in [1.165, 1.54) is 24.2 Å². The molecule has 1 N–H and O–H groups in total. The van der Waals surface area contributed by atoms with E-state index in [1.807, 2.05) is 24.3 Å². The van der Waals surface area contributed by atoms with Crippen molar-refractivity contribution < 1.29 is 14.3 Å². The topological polar surface area (TPSA) is 66.9 Å². The first-order valence-electron chi connectivity index (χ1n) is 10.8. The lowest BCUT2D eigenvalue weighted by Crippen LogP contribution is -2.62. The van der Waals surface area contributed by atoms with Crippen LogP contribution in [0.25, 0.3) is 0 Å². The second kappa shape index (κ2) is 8.53. The van der Waals surface area contributed by atoms with E-state index in [0.29, 0.717) is 23.3 Å². The number of carbonyl (C=O) groups is 1. The van der Waals surface area contributed by atoms with Crippen molar-refractivity contribution in [3.63, 3.8) is 0 Å². The maximum atomic E-state index is 12.8. The fourth-order valence-corrected chi connectivity index (χ4v) is 5.61. The van der Waals surface area contributed by atoms with Crippen LogP contribution in [0.2, 0.25) is 0 Å². The Kier molecular flexibility index (Phi) is 5.62. The summed E-state index contributed by atoms with van der Waals surface area (Å²) < 4.78 is 11.3. The van der Waals surface area contributed by atoms with Crippen molar-refractivity contribution in [3.8, 4) is 10.8 Å². The summed E-state index contributed by atoms with van der Waals surface area (Å²) in [6.45, 7) is 7.73. The Morgan fingerprint density at radius 3 is 2.60 bits per heavy atom. The summed E-state index contributed by atoms with van der Waals surface area (Å²) in [5.41, 5.74) is 0.671. The van der Waals surface area contributed by atoms with E-state index in [-0.39, 0.29) is 11.9 Å². The molecule has 0 saturated carbocycles. The van der Waals surface area contributed by atoms with Gasteiger partial charge in [0.2, 0.25) is 5.06 Å². The molecule has 160 valence electrons. The molecule has 2 bridgehead atoms. The van der Waals surface area contributed by atoms with Gasteiger partial charge in [-0.15, -0.1) is 0 Å². The average molecular weight is 429 g/mol. The van der Waals surface area contributed by atoms with Crippen LogP contribution in [-0.2, 0) is 4.74 Å². The van der Waals surface area contributed by atoms with Gasteiger partial charge in [0.25, 0.3) is 5.91 Å². The lowest BCUT2D eigenvalue weighted by atomic mass is 9.79. The molecule has 1 amide bonds. The number of benzene rings is 1. The van der Waals surface area contributed by atoms with Crippen LogP contribution in [0.4, 0.5) is 5.13 Å². The minimum absolute atomic E-state index is 0.000422. The van der Waals surface area contributed by atoms with Crippen molar-refractivity contribution in [2.45, 2.75) is 31.8 Å². The van der Waals surface area contributed by atoms with E-state index in [4.69, 9.17) is 9.47 Å². The molecule has 0 radical (unpaired) electrons. The highest BCUT2D eigenvalue weighted by atomic mass is 32.1. The Balaban J connectivity index is 1.19. The summed E-state index contributed by atoms with van der Waals surface area (Å²) in [4.78, 5) is 22.0. The van der Waals surface area contributed by atoms with Gasteiger partial charge in [-0.2, -0.15) is 0 Å². The number of nitrogens with zero attached hydrogens (tertiary/aromatic N) is 3. The van der Waals surface area contributed by atoms with Crippen LogP contribution in [0.15, 0.2) is 30.5 Å². The maximum Gasteiger partial charge on any atom is 0.251 e. The number of fused-ring (bicyclic) bond motifs is 3. The Labute approximate surface area is 181 Å². The minimum Gasteiger partial charge on any atom is -0.445 e. The molecule has 0 spiro atoms. The molecule has 0 unspecified atom stereocenters. The number of nitrogens with one attached hydrogen (secondary N) is 1. The van der Waals surface area contributed by atoms with E-state index in [0.717, 1.165) is 49.6 Å². The van der Waals surface area contributed by atoms with E-state index in [1.54, 1.807) is 6.20 Å². The number of ether oxygens (including phenoxy) is 2. The molecule has 1 aromatic carbocycles. The molecule has 8 heteroatoms. The normalized spacial score (nSPS) is 28.4. The number of rotatable bonds is 5. The molecule has 7 nitrogen and oxygen atoms in total. The van der Waals surface area contributed by atoms with Crippen molar-refractivity contribution in [2.24, 2.45) is 5.92 Å². The van der Waals surface area contributed by atoms with Crippen molar-refractivity contribution in [1.29, 1.82) is 0 Å². The standard InChI is InChI=1S/C22H28N4O3S/c1-15-20(16-6-8-25(15)9-7-16)24-21(27)17-2-4-18(5-3-17)29-19-14-23-22(30-19)26-10-12-28-13-11-26/h2-5,14-16,20H,6-13H2,1H3,(H,24,27)/t15-,20-/m0/s1. The molecule has 1 aromatic heterocycles. The van der Waals surface area contributed by atoms with Crippen molar-refractivity contribution >= 4 is 22.4 Å². The zero-order chi connectivity index (χ0) is 20.5. The number of aromatic nitrogens is 1. The summed E-state index contributed by atoms with van der Waals surface area (Å²) in [6.07, 6.45) is 4.12. The SMILES string of the molecule is C[C@H]1[C@H](NC(=O)c2ccc(Oc3cnc(N4CCOCC4)s3)cc2)C2CCN1CC2. The van der Waals surface area contributed by atoms with Gasteiger partial charge < -0.3 is 19.7 Å². The number of thiazole rings is 1. The zero-order valence-corrected chi connectivity index (χ0v) is 18.1. The van der Waals surface area contributed by atoms with E-state index in [9.17, 15) is 4.79 Å². The van der Waals surface area contributed by atoms with Gasteiger partial charge in [0.15, 0.2) is 5.13 Å². The smallest absolute Gasteiger partial charge is 0.251 e. The highest BCUT2D eigenvalue weighted by Gasteiger charge is 2.40. The Hall–Kier alpha value is -2.16. The Morgan fingerprint density at radius 2 is 1.90 bits per heavy atom. The second-order valence-corrected chi connectivity index (χ2v) is 9.27. The predicted molar refractivity (Wildman–Crippen MR) is 117 cm³/mol. The zero-order valence-electron chi connectivity index (χ0n) is 17.3. The summed E-state index contributed by atoms with van der Waals surface area (Å²) in [5, 5.41) is 4.98. The van der Waals surface area contributed by atoms with Crippen LogP contribution in [0.5, 0.6) is 10.8 Å². The fraction of sp³-hybridized carbons (Fsp3) is 0.545. The van der Waals surface area contributed by atoms with Crippen molar-refractivity contribution in [1.82, 2.24) is 15.2 Å². The number of carbonyl (C=O) groups excluding carboxylic acids is 1. The molecule has 4 fully saturated rings. The predicted octanol–water partition coefficient (Wildman–Crippen LogP) is 2.98. The number of anilines is 1. The summed E-state index contributed by atoms with van der Waals surface area (Å²) in [7, 11) is 0. The van der Waals surface area contributed by atoms with Gasteiger partial charge in [-0.1, -0.05) is 11.3 Å². The number of hydrogen-bond acceptors (Lipinski definition) is 7. The van der Waals surface area contributed by atoms with Crippen LogP contribution < -0.4 is 15.0 Å². The molecular formula is C22H28N4O3S. The molecule has 4 aliphatic heterocycles. The third kappa shape index (κ3) is 4.04. The first-order chi connectivity index (χ1) is 14.7. The van der Waals surface area contributed by atoms with Gasteiger partial charge in [-0.25, -0.2) is 4.98 Å². The van der Waals surface area contributed by atoms with Crippen molar-refractivity contribution in [2.75, 3.05) is 44.3 Å². The number of hydrogen-bond donors (Lipinski definition) is 1. The molecule has 4 saturated heterocycles. The van der Waals surface area contributed by atoms with E-state index < -0.39 is 0 Å². The molecule has 5 heterocycles. The second-order valence-electron chi connectivity index (χ2n) is 8.30. The number of piperidine rings is 3. The first-order valence-corrected chi connectivity index (χ1v) is 11.6. The third-order valence-electron chi connectivity index (χ3n) is 6.56. The number of amides is 1. The largest absolute Gasteiger partial charge is 0.445 e. The van der Waals surface area contributed by atoms with Crippen molar-refractivity contribution in [3.05, 3.63) is 36.0 Å². The molecule has 30 heavy (non-hydrogen) atoms. The van der Waals surface area contributed by atoms with Crippen LogP contribution in [0, 0.1) is 5.92 Å². The molecule has 2 atom stereocenters. The fourth-order valence-electron chi connectivity index (χ4n) is 4.77. The molecule has 0 aliphatic carbocycles. The maximum absolute atomic E-state index is 12.8. The lowest BCUT2D eigenvalue weighted by Gasteiger charge is -2.49. The van der Waals surface area contributed by atoms with Gasteiger partial charge in [0.05, 0.1) is 19.4 Å². The lowest BCUT2D eigenvalue weighted by molar-refractivity contribution is 0.0217. The minimum atomic E-state index is -0.000422. The molecule has 6 rings (SSSR count). The van der Waals surface area contributed by atoms with Gasteiger partial charge in [-0.05, 0) is 63.0 Å². The summed E-state index contributed by atoms with van der Waals surface area (Å²) >= 11 is 1.53. The van der Waals surface area contributed by atoms with Crippen LogP contribution >= 0.6 is 11.3 Å². The highest BCUT2D eigenvalue weighted by molar-refractivity contribution is 7.17. The Morgan fingerprint density at radius 1 is 1.17 bits per heavy atom.